The van der Waals surface area contributed by atoms with Crippen molar-refractivity contribution in [1.29, 1.82) is 0 Å². The molecule has 5 aromatic rings. The summed E-state index contributed by atoms with van der Waals surface area (Å²) in [5.41, 5.74) is 2.06. The van der Waals surface area contributed by atoms with Gasteiger partial charge in [0.15, 0.2) is 11.5 Å². The molecular formula is C25H20FN5O2. The second kappa shape index (κ2) is 9.04. The molecule has 2 heterocycles. The van der Waals surface area contributed by atoms with Crippen LogP contribution in [-0.4, -0.2) is 38.9 Å². The van der Waals surface area contributed by atoms with Crippen LogP contribution in [0.15, 0.2) is 78.9 Å². The van der Waals surface area contributed by atoms with Crippen molar-refractivity contribution in [1.82, 2.24) is 25.1 Å². The van der Waals surface area contributed by atoms with Gasteiger partial charge in [-0.05, 0) is 34.5 Å². The van der Waals surface area contributed by atoms with Crippen molar-refractivity contribution in [2.24, 2.45) is 0 Å². The second-order valence-corrected chi connectivity index (χ2v) is 7.49. The van der Waals surface area contributed by atoms with E-state index in [0.29, 0.717) is 35.9 Å². The zero-order valence-corrected chi connectivity index (χ0v) is 17.6. The molecule has 0 bridgehead atoms. The van der Waals surface area contributed by atoms with Gasteiger partial charge in [-0.25, -0.2) is 4.39 Å². The number of nitrogens with zero attached hydrogens (tertiary/aromatic N) is 4. The molecule has 0 spiro atoms. The van der Waals surface area contributed by atoms with Gasteiger partial charge >= 0.3 is 0 Å². The summed E-state index contributed by atoms with van der Waals surface area (Å²) in [4.78, 5) is 12.4. The summed E-state index contributed by atoms with van der Waals surface area (Å²) in [7, 11) is 0. The van der Waals surface area contributed by atoms with Crippen molar-refractivity contribution in [3.8, 4) is 17.3 Å². The van der Waals surface area contributed by atoms with Crippen molar-refractivity contribution in [2.45, 2.75) is 6.42 Å². The number of benzene rings is 3. The van der Waals surface area contributed by atoms with Crippen LogP contribution in [0.5, 0.6) is 5.88 Å². The lowest BCUT2D eigenvalue weighted by Crippen LogP contribution is -2.29. The minimum absolute atomic E-state index is 0.0782. The molecule has 0 saturated carbocycles. The smallest absolute Gasteiger partial charge is 0.231 e. The van der Waals surface area contributed by atoms with E-state index in [2.05, 4.69) is 20.6 Å². The monoisotopic (exact) mass is 441 g/mol. The topological polar surface area (TPSA) is 81.4 Å². The molecule has 164 valence electrons. The summed E-state index contributed by atoms with van der Waals surface area (Å²) >= 11 is 0. The minimum Gasteiger partial charge on any atom is -0.475 e. The molecule has 0 aliphatic carbocycles. The molecule has 0 radical (unpaired) electrons. The molecule has 7 nitrogen and oxygen atoms in total. The predicted octanol–water partition coefficient (Wildman–Crippen LogP) is 3.82. The molecule has 2 aromatic heterocycles. The van der Waals surface area contributed by atoms with E-state index in [9.17, 15) is 9.18 Å². The van der Waals surface area contributed by atoms with E-state index in [4.69, 9.17) is 4.74 Å². The Morgan fingerprint density at radius 2 is 1.82 bits per heavy atom. The van der Waals surface area contributed by atoms with Gasteiger partial charge in [-0.15, -0.1) is 15.3 Å². The van der Waals surface area contributed by atoms with Crippen molar-refractivity contribution in [3.05, 3.63) is 90.2 Å². The Kier molecular flexibility index (Phi) is 5.63. The SMILES string of the molecule is O=C(Cc1cccc2ccccc12)NCCOc1ccc2nnc(-c3cccc(F)c3)n2n1. The first-order valence-electron chi connectivity index (χ1n) is 10.5. The predicted molar refractivity (Wildman–Crippen MR) is 122 cm³/mol. The molecule has 5 rings (SSSR count). The quantitative estimate of drug-likeness (QED) is 0.389. The molecule has 0 fully saturated rings. The van der Waals surface area contributed by atoms with E-state index in [1.165, 1.54) is 16.6 Å². The molecule has 0 saturated heterocycles. The van der Waals surface area contributed by atoms with E-state index < -0.39 is 0 Å². The van der Waals surface area contributed by atoms with E-state index in [1.807, 2.05) is 42.5 Å². The maximum absolute atomic E-state index is 13.6. The van der Waals surface area contributed by atoms with Gasteiger partial charge in [-0.1, -0.05) is 54.6 Å². The molecule has 33 heavy (non-hydrogen) atoms. The lowest BCUT2D eigenvalue weighted by Gasteiger charge is -2.09. The fourth-order valence-electron chi connectivity index (χ4n) is 3.68. The Hall–Kier alpha value is -4.33. The van der Waals surface area contributed by atoms with Gasteiger partial charge in [0.2, 0.25) is 11.8 Å². The van der Waals surface area contributed by atoms with Gasteiger partial charge in [-0.2, -0.15) is 4.52 Å². The van der Waals surface area contributed by atoms with Crippen LogP contribution in [0.1, 0.15) is 5.56 Å². The summed E-state index contributed by atoms with van der Waals surface area (Å²) in [5, 5.41) is 17.6. The van der Waals surface area contributed by atoms with Crippen LogP contribution in [0.2, 0.25) is 0 Å². The molecule has 0 unspecified atom stereocenters. The minimum atomic E-state index is -0.365. The number of hydrogen-bond acceptors (Lipinski definition) is 5. The fourth-order valence-corrected chi connectivity index (χ4v) is 3.68. The number of carbonyl (C=O) groups excluding carboxylic acids is 1. The van der Waals surface area contributed by atoms with E-state index >= 15 is 0 Å². The van der Waals surface area contributed by atoms with Crippen molar-refractivity contribution >= 4 is 22.3 Å². The Balaban J connectivity index is 1.20. The molecular weight excluding hydrogens is 421 g/mol. The summed E-state index contributed by atoms with van der Waals surface area (Å²) in [6.07, 6.45) is 0.295. The summed E-state index contributed by atoms with van der Waals surface area (Å²) in [6, 6.07) is 23.4. The van der Waals surface area contributed by atoms with E-state index in [-0.39, 0.29) is 18.3 Å². The number of carbonyl (C=O) groups is 1. The van der Waals surface area contributed by atoms with Crippen LogP contribution in [0.4, 0.5) is 4.39 Å². The number of amides is 1. The van der Waals surface area contributed by atoms with E-state index in [0.717, 1.165) is 16.3 Å². The molecule has 0 aliphatic heterocycles. The number of nitrogens with one attached hydrogen (secondary N) is 1. The number of fused-ring (bicyclic) bond motifs is 2. The molecule has 3 aromatic carbocycles. The van der Waals surface area contributed by atoms with Crippen molar-refractivity contribution < 1.29 is 13.9 Å². The largest absolute Gasteiger partial charge is 0.475 e. The average molecular weight is 441 g/mol. The lowest BCUT2D eigenvalue weighted by atomic mass is 10.0. The van der Waals surface area contributed by atoms with Gasteiger partial charge in [0.05, 0.1) is 13.0 Å². The number of rotatable bonds is 7. The number of hydrogen-bond donors (Lipinski definition) is 1. The molecule has 0 atom stereocenters. The normalized spacial score (nSPS) is 11.1. The summed E-state index contributed by atoms with van der Waals surface area (Å²) in [5.74, 6) is 0.322. The average Bonchev–Trinajstić information content (AvgIpc) is 3.25. The molecule has 8 heteroatoms. The summed E-state index contributed by atoms with van der Waals surface area (Å²) in [6.45, 7) is 0.583. The Bertz CT molecular complexity index is 1440. The fraction of sp³-hybridized carbons (Fsp3) is 0.120. The standard InChI is InChI=1S/C25H20FN5O2/c26-20-9-4-8-19(15-20)25-29-28-22-11-12-24(30-31(22)25)33-14-13-27-23(32)16-18-7-3-6-17-5-1-2-10-21(17)18/h1-12,15H,13-14,16H2,(H,27,32). The van der Waals surface area contributed by atoms with Gasteiger partial charge in [0.25, 0.3) is 0 Å². The number of ether oxygens (including phenoxy) is 1. The third-order valence-electron chi connectivity index (χ3n) is 5.23. The van der Waals surface area contributed by atoms with Crippen molar-refractivity contribution in [3.63, 3.8) is 0 Å². The maximum atomic E-state index is 13.6. The van der Waals surface area contributed by atoms with Crippen LogP contribution in [0, 0.1) is 5.82 Å². The van der Waals surface area contributed by atoms with Gasteiger partial charge in [0.1, 0.15) is 12.4 Å². The van der Waals surface area contributed by atoms with Crippen LogP contribution in [0.25, 0.3) is 27.8 Å². The van der Waals surface area contributed by atoms with Crippen LogP contribution >= 0.6 is 0 Å². The summed E-state index contributed by atoms with van der Waals surface area (Å²) < 4.78 is 20.8. The molecule has 1 N–H and O–H groups in total. The number of halogens is 1. The van der Waals surface area contributed by atoms with Gasteiger partial charge in [-0.3, -0.25) is 4.79 Å². The third-order valence-corrected chi connectivity index (χ3v) is 5.23. The van der Waals surface area contributed by atoms with Crippen LogP contribution in [0.3, 0.4) is 0 Å². The zero-order chi connectivity index (χ0) is 22.6. The highest BCUT2D eigenvalue weighted by atomic mass is 19.1. The van der Waals surface area contributed by atoms with Crippen LogP contribution in [-0.2, 0) is 11.2 Å². The van der Waals surface area contributed by atoms with Gasteiger partial charge < -0.3 is 10.1 Å². The Morgan fingerprint density at radius 3 is 2.73 bits per heavy atom. The highest BCUT2D eigenvalue weighted by molar-refractivity contribution is 5.90. The Labute approximate surface area is 188 Å². The zero-order valence-electron chi connectivity index (χ0n) is 17.6. The molecule has 1 amide bonds. The lowest BCUT2D eigenvalue weighted by molar-refractivity contribution is -0.120. The Morgan fingerprint density at radius 1 is 0.970 bits per heavy atom. The first kappa shape index (κ1) is 20.6. The van der Waals surface area contributed by atoms with Crippen molar-refractivity contribution in [2.75, 3.05) is 13.2 Å². The van der Waals surface area contributed by atoms with Gasteiger partial charge in [0, 0.05) is 11.6 Å². The number of aromatic nitrogens is 4. The third kappa shape index (κ3) is 4.50. The second-order valence-electron chi connectivity index (χ2n) is 7.49. The van der Waals surface area contributed by atoms with E-state index in [1.54, 1.807) is 24.3 Å². The maximum Gasteiger partial charge on any atom is 0.231 e. The first-order valence-corrected chi connectivity index (χ1v) is 10.5. The highest BCUT2D eigenvalue weighted by Crippen LogP contribution is 2.20. The highest BCUT2D eigenvalue weighted by Gasteiger charge is 2.11. The van der Waals surface area contributed by atoms with Crippen LogP contribution < -0.4 is 10.1 Å². The molecule has 0 aliphatic rings. The first-order chi connectivity index (χ1) is 16.2.